The number of piperidine rings is 1. The normalized spacial score (nSPS) is 30.9. The number of fused-ring (bicyclic) bond motifs is 1. The van der Waals surface area contributed by atoms with E-state index in [0.29, 0.717) is 23.1 Å². The van der Waals surface area contributed by atoms with Crippen molar-refractivity contribution in [3.8, 4) is 0 Å². The Balaban J connectivity index is 1.96. The Morgan fingerprint density at radius 2 is 2.11 bits per heavy atom. The molecular weight excluding hydrogens is 296 g/mol. The lowest BCUT2D eigenvalue weighted by Crippen LogP contribution is -2.40. The summed E-state index contributed by atoms with van der Waals surface area (Å²) >= 11 is 3.53. The molecule has 3 aliphatic heterocycles. The third-order valence-electron chi connectivity index (χ3n) is 3.58. The average molecular weight is 310 g/mol. The molecule has 18 heavy (non-hydrogen) atoms. The molecular formula is C12H14BrN4O+. The first-order valence-corrected chi connectivity index (χ1v) is 6.74. The smallest absolute Gasteiger partial charge is 0.283 e. The molecule has 0 spiro atoms. The highest BCUT2D eigenvalue weighted by Gasteiger charge is 2.42. The molecule has 3 aliphatic rings. The van der Waals surface area contributed by atoms with Gasteiger partial charge in [0, 0.05) is 41.9 Å². The van der Waals surface area contributed by atoms with E-state index in [-0.39, 0.29) is 0 Å². The molecule has 0 aromatic carbocycles. The molecule has 1 fully saturated rings. The predicted octanol–water partition coefficient (Wildman–Crippen LogP) is 1.59. The molecule has 0 saturated carbocycles. The monoisotopic (exact) mass is 309 g/mol. The first-order chi connectivity index (χ1) is 8.61. The van der Waals surface area contributed by atoms with Crippen molar-refractivity contribution < 1.29 is 9.28 Å². The Hall–Kier alpha value is -1.27. The summed E-state index contributed by atoms with van der Waals surface area (Å²) in [5.74, 6) is 1.28. The number of rotatable bonds is 1. The Kier molecular flexibility index (Phi) is 2.71. The van der Waals surface area contributed by atoms with Crippen molar-refractivity contribution in [2.45, 2.75) is 12.8 Å². The molecule has 0 aliphatic carbocycles. The van der Waals surface area contributed by atoms with Gasteiger partial charge in [-0.1, -0.05) is 0 Å². The highest BCUT2D eigenvalue weighted by molar-refractivity contribution is 9.18. The van der Waals surface area contributed by atoms with Crippen molar-refractivity contribution in [3.63, 3.8) is 0 Å². The van der Waals surface area contributed by atoms with E-state index in [2.05, 4.69) is 37.9 Å². The number of hydrogen-bond donors (Lipinski definition) is 0. The maximum absolute atomic E-state index is 11.3. The highest BCUT2D eigenvalue weighted by Crippen LogP contribution is 2.34. The number of likely N-dealkylation sites (tertiary alicyclic amines) is 1. The van der Waals surface area contributed by atoms with E-state index in [4.69, 9.17) is 0 Å². The van der Waals surface area contributed by atoms with Gasteiger partial charge in [-0.15, -0.1) is 0 Å². The number of carbonyl (C=O) groups is 1. The van der Waals surface area contributed by atoms with Gasteiger partial charge in [0.1, 0.15) is 12.0 Å². The Bertz CT molecular complexity index is 524. The molecule has 3 heterocycles. The van der Waals surface area contributed by atoms with Crippen LogP contribution in [-0.2, 0) is 4.79 Å². The number of nitrogens with zero attached hydrogens (tertiary/aromatic N) is 4. The Labute approximate surface area is 114 Å². The van der Waals surface area contributed by atoms with Gasteiger partial charge in [-0.05, 0) is 0 Å². The summed E-state index contributed by atoms with van der Waals surface area (Å²) in [7, 11) is 2.06. The summed E-state index contributed by atoms with van der Waals surface area (Å²) < 4.78 is 1.37. The molecule has 5 nitrogen and oxygen atoms in total. The van der Waals surface area contributed by atoms with Crippen molar-refractivity contribution in [2.75, 3.05) is 20.1 Å². The zero-order chi connectivity index (χ0) is 12.8. The average Bonchev–Trinajstić information content (AvgIpc) is 2.63. The molecule has 0 aromatic heterocycles. The van der Waals surface area contributed by atoms with Crippen LogP contribution in [0.1, 0.15) is 12.8 Å². The van der Waals surface area contributed by atoms with Crippen LogP contribution in [0, 0.1) is 0 Å². The van der Waals surface area contributed by atoms with Gasteiger partial charge in [0.15, 0.2) is 5.82 Å². The maximum atomic E-state index is 11.3. The quantitative estimate of drug-likeness (QED) is 0.545. The first-order valence-electron chi connectivity index (χ1n) is 5.94. The molecule has 0 bridgehead atoms. The van der Waals surface area contributed by atoms with Crippen LogP contribution in [0.3, 0.4) is 0 Å². The summed E-state index contributed by atoms with van der Waals surface area (Å²) in [5.41, 5.74) is 1.05. The standard InChI is InChI=1S/C12H14BrN4O/c1-17-7-4-14-8-10(17)11(15-12(17)13)16-5-2-9(18)3-6-16/h4,7-8H,2-3,5-6H2,1H3/q+1. The van der Waals surface area contributed by atoms with Crippen molar-refractivity contribution in [1.82, 2.24) is 4.90 Å². The number of quaternary nitrogens is 1. The van der Waals surface area contributed by atoms with E-state index >= 15 is 0 Å². The molecule has 0 amide bonds. The fourth-order valence-corrected chi connectivity index (χ4v) is 2.84. The molecule has 0 N–H and O–H groups in total. The van der Waals surface area contributed by atoms with E-state index in [0.717, 1.165) is 29.4 Å². The van der Waals surface area contributed by atoms with Gasteiger partial charge in [-0.3, -0.25) is 9.79 Å². The summed E-state index contributed by atoms with van der Waals surface area (Å²) in [6.45, 7) is 1.50. The molecule has 0 radical (unpaired) electrons. The van der Waals surface area contributed by atoms with Crippen LogP contribution in [0.4, 0.5) is 0 Å². The highest BCUT2D eigenvalue weighted by atomic mass is 79.9. The summed E-state index contributed by atoms with van der Waals surface area (Å²) in [4.78, 5) is 22.3. The molecule has 6 heteroatoms. The van der Waals surface area contributed by atoms with Crippen LogP contribution in [0.2, 0.25) is 0 Å². The molecule has 1 atom stereocenters. The van der Waals surface area contributed by atoms with E-state index < -0.39 is 0 Å². The van der Waals surface area contributed by atoms with Crippen molar-refractivity contribution >= 4 is 32.7 Å². The molecule has 1 unspecified atom stereocenters. The lowest BCUT2D eigenvalue weighted by molar-refractivity contribution is -0.709. The number of Topliss-reactive ketones (excluding diaryl/α,β-unsaturated/α-hetero) is 1. The van der Waals surface area contributed by atoms with Gasteiger partial charge in [0.2, 0.25) is 5.70 Å². The van der Waals surface area contributed by atoms with Gasteiger partial charge < -0.3 is 4.90 Å². The molecule has 1 saturated heterocycles. The van der Waals surface area contributed by atoms with Crippen molar-refractivity contribution in [1.29, 1.82) is 0 Å². The van der Waals surface area contributed by atoms with E-state index in [1.165, 1.54) is 0 Å². The van der Waals surface area contributed by atoms with Crippen molar-refractivity contribution in [3.05, 3.63) is 23.9 Å². The minimum atomic E-state index is 0.340. The second-order valence-corrected chi connectivity index (χ2v) is 5.48. The third-order valence-corrected chi connectivity index (χ3v) is 4.49. The minimum Gasteiger partial charge on any atom is -0.351 e. The number of allylic oxidation sites excluding steroid dienone is 1. The van der Waals surface area contributed by atoms with Gasteiger partial charge in [0.25, 0.3) is 4.74 Å². The van der Waals surface area contributed by atoms with Gasteiger partial charge in [0.05, 0.1) is 19.5 Å². The second-order valence-electron chi connectivity index (χ2n) is 4.77. The topological polar surface area (TPSA) is 45.0 Å². The van der Waals surface area contributed by atoms with Crippen LogP contribution in [-0.4, -0.2) is 46.3 Å². The van der Waals surface area contributed by atoms with E-state index in [1.54, 1.807) is 6.20 Å². The Morgan fingerprint density at radius 3 is 2.83 bits per heavy atom. The fraction of sp³-hybridized carbons (Fsp3) is 0.417. The van der Waals surface area contributed by atoms with Crippen LogP contribution < -0.4 is 0 Å². The van der Waals surface area contributed by atoms with Gasteiger partial charge >= 0.3 is 0 Å². The lowest BCUT2D eigenvalue weighted by atomic mass is 10.1. The second kappa shape index (κ2) is 4.13. The fourth-order valence-electron chi connectivity index (χ4n) is 2.36. The number of hydrogen-bond acceptors (Lipinski definition) is 4. The zero-order valence-electron chi connectivity index (χ0n) is 10.1. The van der Waals surface area contributed by atoms with Crippen LogP contribution in [0.5, 0.6) is 0 Å². The third kappa shape index (κ3) is 1.67. The number of carbonyl (C=O) groups excluding carboxylic acids is 1. The SMILES string of the molecule is C[N+]12C=CN=CC1=C(N1CCC(=O)CC1)N=C2Br. The zero-order valence-corrected chi connectivity index (χ0v) is 11.7. The largest absolute Gasteiger partial charge is 0.351 e. The predicted molar refractivity (Wildman–Crippen MR) is 73.0 cm³/mol. The van der Waals surface area contributed by atoms with Crippen LogP contribution in [0.15, 0.2) is 33.9 Å². The minimum absolute atomic E-state index is 0.340. The summed E-state index contributed by atoms with van der Waals surface area (Å²) in [5, 5.41) is 0. The molecule has 3 rings (SSSR count). The number of amidine groups is 1. The number of aliphatic imine (C=N–C) groups is 2. The lowest BCUT2D eigenvalue weighted by Gasteiger charge is -2.29. The maximum Gasteiger partial charge on any atom is 0.283 e. The first kappa shape index (κ1) is 11.8. The molecule has 94 valence electrons. The van der Waals surface area contributed by atoms with E-state index in [9.17, 15) is 4.79 Å². The summed E-state index contributed by atoms with van der Waals surface area (Å²) in [6.07, 6.45) is 6.85. The summed E-state index contributed by atoms with van der Waals surface area (Å²) in [6, 6.07) is 0. The van der Waals surface area contributed by atoms with Gasteiger partial charge in [-0.25, -0.2) is 4.48 Å². The van der Waals surface area contributed by atoms with E-state index in [1.807, 2.05) is 12.4 Å². The van der Waals surface area contributed by atoms with Crippen LogP contribution >= 0.6 is 15.9 Å². The molecule has 0 aromatic rings. The number of ketones is 1. The number of halogens is 1. The van der Waals surface area contributed by atoms with Crippen LogP contribution in [0.25, 0.3) is 0 Å². The van der Waals surface area contributed by atoms with Gasteiger partial charge in [-0.2, -0.15) is 4.99 Å². The Morgan fingerprint density at radius 1 is 1.39 bits per heavy atom. The van der Waals surface area contributed by atoms with Crippen molar-refractivity contribution in [2.24, 2.45) is 9.98 Å².